The zero-order chi connectivity index (χ0) is 16.5. The van der Waals surface area contributed by atoms with E-state index in [9.17, 15) is 4.79 Å². The summed E-state index contributed by atoms with van der Waals surface area (Å²) in [5.41, 5.74) is 0.959. The summed E-state index contributed by atoms with van der Waals surface area (Å²) in [6, 6.07) is 0. The van der Waals surface area contributed by atoms with E-state index in [1.54, 1.807) is 0 Å². The molecule has 0 aromatic rings. The summed E-state index contributed by atoms with van der Waals surface area (Å²) in [6.07, 6.45) is 9.50. The lowest BCUT2D eigenvalue weighted by atomic mass is 9.46. The topological polar surface area (TPSA) is 37.3 Å². The van der Waals surface area contributed by atoms with Crippen LogP contribution in [0.5, 0.6) is 0 Å². The molecule has 2 aliphatic carbocycles. The van der Waals surface area contributed by atoms with E-state index < -0.39 is 5.97 Å². The minimum absolute atomic E-state index is 0.310. The quantitative estimate of drug-likeness (QED) is 0.701. The van der Waals surface area contributed by atoms with E-state index in [1.807, 2.05) is 0 Å². The fourth-order valence-corrected chi connectivity index (χ4v) is 6.09. The number of carbonyl (C=O) groups is 1. The number of carboxylic acids is 1. The first-order chi connectivity index (χ1) is 10.2. The second kappa shape index (κ2) is 6.53. The van der Waals surface area contributed by atoms with Crippen molar-refractivity contribution in [3.05, 3.63) is 0 Å². The van der Waals surface area contributed by atoms with Gasteiger partial charge in [-0.15, -0.1) is 0 Å². The number of hydrogen-bond acceptors (Lipinski definition) is 1. The molecule has 0 spiro atoms. The van der Waals surface area contributed by atoms with Gasteiger partial charge in [0, 0.05) is 6.42 Å². The zero-order valence-electron chi connectivity index (χ0n) is 15.3. The van der Waals surface area contributed by atoms with Crippen LogP contribution in [-0.2, 0) is 4.79 Å². The molecule has 0 aliphatic heterocycles. The molecule has 2 fully saturated rings. The van der Waals surface area contributed by atoms with Crippen molar-refractivity contribution in [1.29, 1.82) is 0 Å². The molecular formula is C20H36O2. The van der Waals surface area contributed by atoms with Crippen LogP contribution in [0, 0.1) is 34.5 Å². The molecule has 0 bridgehead atoms. The van der Waals surface area contributed by atoms with Gasteiger partial charge in [-0.05, 0) is 66.6 Å². The molecule has 0 aromatic heterocycles. The maximum Gasteiger partial charge on any atom is 0.303 e. The van der Waals surface area contributed by atoms with Crippen LogP contribution in [0.3, 0.4) is 0 Å². The average Bonchev–Trinajstić information content (AvgIpc) is 2.35. The van der Waals surface area contributed by atoms with Crippen LogP contribution in [0.2, 0.25) is 0 Å². The highest BCUT2D eigenvalue weighted by Gasteiger charge is 2.53. The van der Waals surface area contributed by atoms with Gasteiger partial charge in [0.1, 0.15) is 0 Å². The van der Waals surface area contributed by atoms with Crippen molar-refractivity contribution in [1.82, 2.24) is 0 Å². The number of fused-ring (bicyclic) bond motifs is 1. The van der Waals surface area contributed by atoms with Gasteiger partial charge in [0.25, 0.3) is 0 Å². The maximum atomic E-state index is 10.9. The highest BCUT2D eigenvalue weighted by Crippen LogP contribution is 2.62. The van der Waals surface area contributed by atoms with Gasteiger partial charge in [0.2, 0.25) is 0 Å². The van der Waals surface area contributed by atoms with Gasteiger partial charge in [-0.3, -0.25) is 4.79 Å². The van der Waals surface area contributed by atoms with Gasteiger partial charge in [0.05, 0.1) is 0 Å². The molecule has 0 amide bonds. The molecule has 0 heterocycles. The van der Waals surface area contributed by atoms with Gasteiger partial charge in [0.15, 0.2) is 0 Å². The average molecular weight is 309 g/mol. The van der Waals surface area contributed by atoms with Gasteiger partial charge in [-0.1, -0.05) is 47.5 Å². The summed E-state index contributed by atoms with van der Waals surface area (Å²) in [5.74, 6) is 2.09. The molecule has 5 atom stereocenters. The highest BCUT2D eigenvalue weighted by atomic mass is 16.4. The molecule has 2 rings (SSSR count). The largest absolute Gasteiger partial charge is 0.481 e. The highest BCUT2D eigenvalue weighted by molar-refractivity contribution is 5.66. The maximum absolute atomic E-state index is 10.9. The molecule has 2 aliphatic rings. The van der Waals surface area contributed by atoms with Crippen LogP contribution in [0.25, 0.3) is 0 Å². The standard InChI is InChI=1S/C20H36O2/c1-14(13-18(21)22)7-9-16-15(2)8-10-17-19(3,4)11-6-12-20(16,17)5/h14-17H,6-13H2,1-5H3,(H,21,22)/t14?,15?,16?,17-,20+/m0/s1. The second-order valence-corrected chi connectivity index (χ2v) is 9.34. The lowest BCUT2D eigenvalue weighted by Gasteiger charge is -2.59. The van der Waals surface area contributed by atoms with E-state index in [0.29, 0.717) is 23.2 Å². The van der Waals surface area contributed by atoms with Crippen molar-refractivity contribution < 1.29 is 9.90 Å². The van der Waals surface area contributed by atoms with Crippen LogP contribution in [-0.4, -0.2) is 11.1 Å². The Morgan fingerprint density at radius 2 is 1.91 bits per heavy atom. The first-order valence-electron chi connectivity index (χ1n) is 9.38. The summed E-state index contributed by atoms with van der Waals surface area (Å²) in [4.78, 5) is 10.9. The van der Waals surface area contributed by atoms with E-state index in [1.165, 1.54) is 38.5 Å². The van der Waals surface area contributed by atoms with Crippen molar-refractivity contribution in [2.75, 3.05) is 0 Å². The van der Waals surface area contributed by atoms with E-state index >= 15 is 0 Å². The lowest BCUT2D eigenvalue weighted by Crippen LogP contribution is -2.51. The Morgan fingerprint density at radius 1 is 1.23 bits per heavy atom. The molecule has 22 heavy (non-hydrogen) atoms. The van der Waals surface area contributed by atoms with Crippen LogP contribution in [0.4, 0.5) is 0 Å². The minimum atomic E-state index is -0.646. The van der Waals surface area contributed by atoms with Crippen molar-refractivity contribution in [3.63, 3.8) is 0 Å². The molecule has 2 nitrogen and oxygen atoms in total. The predicted molar refractivity (Wildman–Crippen MR) is 91.8 cm³/mol. The molecule has 3 unspecified atom stereocenters. The minimum Gasteiger partial charge on any atom is -0.481 e. The van der Waals surface area contributed by atoms with Gasteiger partial charge < -0.3 is 5.11 Å². The summed E-state index contributed by atoms with van der Waals surface area (Å²) in [7, 11) is 0. The molecule has 0 saturated heterocycles. The number of carboxylic acid groups (broad SMARTS) is 1. The van der Waals surface area contributed by atoms with Gasteiger partial charge in [-0.2, -0.15) is 0 Å². The lowest BCUT2D eigenvalue weighted by molar-refractivity contribution is -0.138. The molecule has 0 aromatic carbocycles. The number of rotatable bonds is 5. The SMILES string of the molecule is CC(CCC1C(C)CC[C@H]2C(C)(C)CCC[C@]12C)CC(=O)O. The second-order valence-electron chi connectivity index (χ2n) is 9.34. The van der Waals surface area contributed by atoms with Crippen molar-refractivity contribution >= 4 is 5.97 Å². The smallest absolute Gasteiger partial charge is 0.303 e. The molecule has 128 valence electrons. The number of aliphatic carboxylic acids is 1. The van der Waals surface area contributed by atoms with Crippen LogP contribution in [0.15, 0.2) is 0 Å². The monoisotopic (exact) mass is 308 g/mol. The van der Waals surface area contributed by atoms with Crippen LogP contribution in [0.1, 0.15) is 86.0 Å². The fourth-order valence-electron chi connectivity index (χ4n) is 6.09. The Bertz CT molecular complexity index is 401. The van der Waals surface area contributed by atoms with Crippen LogP contribution >= 0.6 is 0 Å². The van der Waals surface area contributed by atoms with E-state index in [0.717, 1.165) is 24.2 Å². The summed E-state index contributed by atoms with van der Waals surface area (Å²) < 4.78 is 0. The third-order valence-corrected chi connectivity index (χ3v) is 7.21. The zero-order valence-corrected chi connectivity index (χ0v) is 15.3. The molecule has 1 N–H and O–H groups in total. The van der Waals surface area contributed by atoms with Crippen molar-refractivity contribution in [3.8, 4) is 0 Å². The van der Waals surface area contributed by atoms with Gasteiger partial charge >= 0.3 is 5.97 Å². The molecule has 0 radical (unpaired) electrons. The molecular weight excluding hydrogens is 272 g/mol. The first kappa shape index (κ1) is 17.8. The summed E-state index contributed by atoms with van der Waals surface area (Å²) in [6.45, 7) is 12.1. The summed E-state index contributed by atoms with van der Waals surface area (Å²) >= 11 is 0. The van der Waals surface area contributed by atoms with Crippen LogP contribution < -0.4 is 0 Å². The Balaban J connectivity index is 2.09. The Kier molecular flexibility index (Phi) is 5.29. The molecule has 2 heteroatoms. The van der Waals surface area contributed by atoms with Crippen molar-refractivity contribution in [2.24, 2.45) is 34.5 Å². The fraction of sp³-hybridized carbons (Fsp3) is 0.950. The predicted octanol–water partition coefficient (Wildman–Crippen LogP) is 5.76. The van der Waals surface area contributed by atoms with E-state index in [2.05, 4.69) is 34.6 Å². The molecule has 2 saturated carbocycles. The van der Waals surface area contributed by atoms with E-state index in [-0.39, 0.29) is 0 Å². The van der Waals surface area contributed by atoms with Crippen molar-refractivity contribution in [2.45, 2.75) is 86.0 Å². The van der Waals surface area contributed by atoms with Gasteiger partial charge in [-0.25, -0.2) is 0 Å². The number of hydrogen-bond donors (Lipinski definition) is 1. The summed E-state index contributed by atoms with van der Waals surface area (Å²) in [5, 5.41) is 8.98. The van der Waals surface area contributed by atoms with E-state index in [4.69, 9.17) is 5.11 Å². The Morgan fingerprint density at radius 3 is 2.55 bits per heavy atom. The normalized spacial score (nSPS) is 39.0. The third kappa shape index (κ3) is 3.51. The first-order valence-corrected chi connectivity index (χ1v) is 9.38. The Hall–Kier alpha value is -0.530. The Labute approximate surface area is 137 Å². The third-order valence-electron chi connectivity index (χ3n) is 7.21.